The molecule has 2 rings (SSSR count). The van der Waals surface area contributed by atoms with Crippen LogP contribution in [0.25, 0.3) is 0 Å². The Kier molecular flexibility index (Phi) is 2.76. The van der Waals surface area contributed by atoms with Gasteiger partial charge in [0.25, 0.3) is 0 Å². The van der Waals surface area contributed by atoms with E-state index in [9.17, 15) is 9.50 Å². The summed E-state index contributed by atoms with van der Waals surface area (Å²) in [4.78, 5) is 0. The molecular formula is C12H15FO3. The van der Waals surface area contributed by atoms with Gasteiger partial charge in [0.1, 0.15) is 0 Å². The number of halogens is 1. The standard InChI is InChI=1S/C12H15FO3/c1-12(2,14)8-4-5-9(13)11-10(8)15-6-3-7-16-11/h4-5,14H,3,6-7H2,1-2H3. The van der Waals surface area contributed by atoms with Crippen molar-refractivity contribution in [1.82, 2.24) is 0 Å². The zero-order valence-electron chi connectivity index (χ0n) is 9.42. The molecule has 1 aliphatic heterocycles. The van der Waals surface area contributed by atoms with Gasteiger partial charge < -0.3 is 14.6 Å². The summed E-state index contributed by atoms with van der Waals surface area (Å²) in [7, 11) is 0. The van der Waals surface area contributed by atoms with Crippen LogP contribution in [-0.4, -0.2) is 18.3 Å². The van der Waals surface area contributed by atoms with Gasteiger partial charge in [-0.15, -0.1) is 0 Å². The van der Waals surface area contributed by atoms with E-state index in [0.29, 0.717) is 30.9 Å². The predicted octanol–water partition coefficient (Wildman–Crippen LogP) is 2.21. The minimum atomic E-state index is -1.08. The Morgan fingerprint density at radius 3 is 2.44 bits per heavy atom. The minimum absolute atomic E-state index is 0.108. The Balaban J connectivity index is 2.56. The van der Waals surface area contributed by atoms with Crippen molar-refractivity contribution in [2.45, 2.75) is 25.9 Å². The lowest BCUT2D eigenvalue weighted by Gasteiger charge is -2.22. The second kappa shape index (κ2) is 3.94. The maximum atomic E-state index is 13.5. The average molecular weight is 226 g/mol. The zero-order chi connectivity index (χ0) is 11.8. The Hall–Kier alpha value is -1.29. The summed E-state index contributed by atoms with van der Waals surface area (Å²) in [5, 5.41) is 9.97. The van der Waals surface area contributed by atoms with Crippen molar-refractivity contribution in [1.29, 1.82) is 0 Å². The van der Waals surface area contributed by atoms with E-state index in [1.807, 2.05) is 0 Å². The summed E-state index contributed by atoms with van der Waals surface area (Å²) < 4.78 is 24.3. The maximum Gasteiger partial charge on any atom is 0.197 e. The number of benzene rings is 1. The zero-order valence-corrected chi connectivity index (χ0v) is 9.42. The fourth-order valence-corrected chi connectivity index (χ4v) is 1.71. The summed E-state index contributed by atoms with van der Waals surface area (Å²) in [6, 6.07) is 2.82. The van der Waals surface area contributed by atoms with Crippen molar-refractivity contribution in [3.63, 3.8) is 0 Å². The molecule has 1 heterocycles. The van der Waals surface area contributed by atoms with E-state index in [1.54, 1.807) is 13.8 Å². The number of hydrogen-bond donors (Lipinski definition) is 1. The molecule has 0 bridgehead atoms. The molecule has 16 heavy (non-hydrogen) atoms. The lowest BCUT2D eigenvalue weighted by Crippen LogP contribution is -2.17. The highest BCUT2D eigenvalue weighted by atomic mass is 19.1. The van der Waals surface area contributed by atoms with Gasteiger partial charge in [0, 0.05) is 12.0 Å². The van der Waals surface area contributed by atoms with E-state index in [-0.39, 0.29) is 5.75 Å². The van der Waals surface area contributed by atoms with Gasteiger partial charge in [-0.2, -0.15) is 0 Å². The molecule has 1 aromatic carbocycles. The molecule has 88 valence electrons. The van der Waals surface area contributed by atoms with Crippen molar-refractivity contribution in [3.05, 3.63) is 23.5 Å². The van der Waals surface area contributed by atoms with E-state index < -0.39 is 11.4 Å². The second-order valence-electron chi connectivity index (χ2n) is 4.36. The van der Waals surface area contributed by atoms with Crippen LogP contribution < -0.4 is 9.47 Å². The summed E-state index contributed by atoms with van der Waals surface area (Å²) in [5.41, 5.74) is -0.531. The Morgan fingerprint density at radius 2 is 1.81 bits per heavy atom. The molecule has 3 nitrogen and oxygen atoms in total. The van der Waals surface area contributed by atoms with Gasteiger partial charge in [0.05, 0.1) is 18.8 Å². The van der Waals surface area contributed by atoms with Gasteiger partial charge in [0.2, 0.25) is 0 Å². The normalized spacial score (nSPS) is 15.8. The molecule has 0 aromatic heterocycles. The average Bonchev–Trinajstić information content (AvgIpc) is 2.42. The van der Waals surface area contributed by atoms with E-state index >= 15 is 0 Å². The van der Waals surface area contributed by atoms with Crippen LogP contribution in [0, 0.1) is 5.82 Å². The van der Waals surface area contributed by atoms with Crippen molar-refractivity contribution < 1.29 is 19.0 Å². The summed E-state index contributed by atoms with van der Waals surface area (Å²) >= 11 is 0. The first-order valence-electron chi connectivity index (χ1n) is 5.31. The lowest BCUT2D eigenvalue weighted by molar-refractivity contribution is 0.0745. The Morgan fingerprint density at radius 1 is 1.19 bits per heavy atom. The molecule has 0 saturated carbocycles. The van der Waals surface area contributed by atoms with Crippen LogP contribution in [0.5, 0.6) is 11.5 Å². The highest BCUT2D eigenvalue weighted by molar-refractivity contribution is 5.50. The van der Waals surface area contributed by atoms with Gasteiger partial charge in [-0.1, -0.05) is 0 Å². The molecule has 0 unspecified atom stereocenters. The van der Waals surface area contributed by atoms with Crippen LogP contribution in [0.3, 0.4) is 0 Å². The van der Waals surface area contributed by atoms with Crippen molar-refractivity contribution >= 4 is 0 Å². The summed E-state index contributed by atoms with van der Waals surface area (Å²) in [5.74, 6) is -0.0213. The molecule has 1 aromatic rings. The van der Waals surface area contributed by atoms with Crippen LogP contribution in [0.2, 0.25) is 0 Å². The molecule has 0 atom stereocenters. The predicted molar refractivity (Wildman–Crippen MR) is 57.3 cm³/mol. The molecular weight excluding hydrogens is 211 g/mol. The monoisotopic (exact) mass is 226 g/mol. The fourth-order valence-electron chi connectivity index (χ4n) is 1.71. The topological polar surface area (TPSA) is 38.7 Å². The van der Waals surface area contributed by atoms with E-state index in [0.717, 1.165) is 0 Å². The second-order valence-corrected chi connectivity index (χ2v) is 4.36. The fraction of sp³-hybridized carbons (Fsp3) is 0.500. The van der Waals surface area contributed by atoms with Gasteiger partial charge in [-0.25, -0.2) is 4.39 Å². The molecule has 0 saturated heterocycles. The third-order valence-electron chi connectivity index (χ3n) is 2.50. The highest BCUT2D eigenvalue weighted by Crippen LogP contribution is 2.40. The number of ether oxygens (including phenoxy) is 2. The van der Waals surface area contributed by atoms with Crippen molar-refractivity contribution in [3.8, 4) is 11.5 Å². The number of hydrogen-bond acceptors (Lipinski definition) is 3. The van der Waals surface area contributed by atoms with Gasteiger partial charge >= 0.3 is 0 Å². The first kappa shape index (κ1) is 11.2. The number of aliphatic hydroxyl groups is 1. The first-order valence-corrected chi connectivity index (χ1v) is 5.31. The van der Waals surface area contributed by atoms with Crippen molar-refractivity contribution in [2.75, 3.05) is 13.2 Å². The van der Waals surface area contributed by atoms with Crippen LogP contribution in [-0.2, 0) is 5.60 Å². The quantitative estimate of drug-likeness (QED) is 0.798. The van der Waals surface area contributed by atoms with E-state index in [1.165, 1.54) is 12.1 Å². The molecule has 0 aliphatic carbocycles. The first-order chi connectivity index (χ1) is 7.50. The van der Waals surface area contributed by atoms with E-state index in [4.69, 9.17) is 9.47 Å². The Bertz CT molecular complexity index is 396. The summed E-state index contributed by atoms with van der Waals surface area (Å²) in [6.07, 6.45) is 0.708. The van der Waals surface area contributed by atoms with Crippen LogP contribution in [0.4, 0.5) is 4.39 Å². The van der Waals surface area contributed by atoms with E-state index in [2.05, 4.69) is 0 Å². The van der Waals surface area contributed by atoms with Gasteiger partial charge in [0.15, 0.2) is 17.3 Å². The maximum absolute atomic E-state index is 13.5. The third kappa shape index (κ3) is 1.97. The smallest absolute Gasteiger partial charge is 0.197 e. The minimum Gasteiger partial charge on any atom is -0.489 e. The molecule has 0 radical (unpaired) electrons. The molecule has 0 amide bonds. The molecule has 0 spiro atoms. The van der Waals surface area contributed by atoms with Crippen LogP contribution in [0.1, 0.15) is 25.8 Å². The van der Waals surface area contributed by atoms with Crippen LogP contribution >= 0.6 is 0 Å². The molecule has 4 heteroatoms. The number of fused-ring (bicyclic) bond motifs is 1. The Labute approximate surface area is 93.8 Å². The number of rotatable bonds is 1. The van der Waals surface area contributed by atoms with Gasteiger partial charge in [-0.3, -0.25) is 0 Å². The summed E-state index contributed by atoms with van der Waals surface area (Å²) in [6.45, 7) is 4.17. The molecule has 0 fully saturated rings. The lowest BCUT2D eigenvalue weighted by atomic mass is 9.97. The largest absolute Gasteiger partial charge is 0.489 e. The van der Waals surface area contributed by atoms with Gasteiger partial charge in [-0.05, 0) is 26.0 Å². The van der Waals surface area contributed by atoms with Crippen LogP contribution in [0.15, 0.2) is 12.1 Å². The SMILES string of the molecule is CC(C)(O)c1ccc(F)c2c1OCCCO2. The highest BCUT2D eigenvalue weighted by Gasteiger charge is 2.27. The molecule has 1 N–H and O–H groups in total. The van der Waals surface area contributed by atoms with Crippen molar-refractivity contribution in [2.24, 2.45) is 0 Å². The molecule has 1 aliphatic rings. The third-order valence-corrected chi connectivity index (χ3v) is 2.50.